The van der Waals surface area contributed by atoms with Crippen LogP contribution in [0, 0.1) is 5.92 Å². The van der Waals surface area contributed by atoms with Gasteiger partial charge in [-0.15, -0.1) is 0 Å². The van der Waals surface area contributed by atoms with Gasteiger partial charge < -0.3 is 15.1 Å². The molecule has 1 amide bonds. The molecule has 4 nitrogen and oxygen atoms in total. The van der Waals surface area contributed by atoms with E-state index in [4.69, 9.17) is 0 Å². The molecule has 2 aliphatic heterocycles. The maximum absolute atomic E-state index is 12.2. The smallest absolute Gasteiger partial charge is 0.222 e. The first-order valence-corrected chi connectivity index (χ1v) is 7.81. The summed E-state index contributed by atoms with van der Waals surface area (Å²) in [5.41, 5.74) is 0. The highest BCUT2D eigenvalue weighted by Crippen LogP contribution is 2.19. The van der Waals surface area contributed by atoms with Gasteiger partial charge in [0.05, 0.1) is 0 Å². The zero-order valence-corrected chi connectivity index (χ0v) is 12.5. The lowest BCUT2D eigenvalue weighted by atomic mass is 9.96. The number of carbonyl (C=O) groups excluding carboxylic acids is 1. The molecule has 2 rings (SSSR count). The van der Waals surface area contributed by atoms with Crippen LogP contribution in [0.4, 0.5) is 0 Å². The minimum absolute atomic E-state index is 0.372. The van der Waals surface area contributed by atoms with E-state index in [0.717, 1.165) is 44.9 Å². The molecule has 0 aromatic heterocycles. The van der Waals surface area contributed by atoms with E-state index < -0.39 is 0 Å². The Morgan fingerprint density at radius 1 is 1.26 bits per heavy atom. The summed E-state index contributed by atoms with van der Waals surface area (Å²) in [6.07, 6.45) is 6.62. The van der Waals surface area contributed by atoms with Gasteiger partial charge >= 0.3 is 0 Å². The molecule has 0 aromatic carbocycles. The van der Waals surface area contributed by atoms with E-state index in [9.17, 15) is 4.79 Å². The lowest BCUT2D eigenvalue weighted by Crippen LogP contribution is -2.41. The molecule has 1 N–H and O–H groups in total. The first-order valence-electron chi connectivity index (χ1n) is 7.81. The van der Waals surface area contributed by atoms with Crippen molar-refractivity contribution in [1.29, 1.82) is 0 Å². The molecule has 2 heterocycles. The Morgan fingerprint density at radius 2 is 2.00 bits per heavy atom. The summed E-state index contributed by atoms with van der Waals surface area (Å²) in [6, 6.07) is 0.593. The minimum Gasteiger partial charge on any atom is -0.343 e. The van der Waals surface area contributed by atoms with Gasteiger partial charge in [-0.25, -0.2) is 0 Å². The van der Waals surface area contributed by atoms with Crippen LogP contribution in [0.5, 0.6) is 0 Å². The fraction of sp³-hybridized carbons (Fsp3) is 0.933. The molecule has 0 spiro atoms. The zero-order chi connectivity index (χ0) is 13.7. The standard InChI is InChI=1S/C15H29N3O/c1-17(2)12-13-7-10-18(11-8-13)15(19)6-5-14-4-3-9-16-14/h13-14,16H,3-12H2,1-2H3. The summed E-state index contributed by atoms with van der Waals surface area (Å²) >= 11 is 0. The Bertz CT molecular complexity index is 279. The van der Waals surface area contributed by atoms with Gasteiger partial charge in [0.15, 0.2) is 0 Å². The van der Waals surface area contributed by atoms with Crippen LogP contribution in [0.25, 0.3) is 0 Å². The van der Waals surface area contributed by atoms with E-state index in [1.807, 2.05) is 0 Å². The number of hydrogen-bond acceptors (Lipinski definition) is 3. The van der Waals surface area contributed by atoms with Crippen molar-refractivity contribution >= 4 is 5.91 Å². The van der Waals surface area contributed by atoms with Crippen LogP contribution < -0.4 is 5.32 Å². The van der Waals surface area contributed by atoms with E-state index in [2.05, 4.69) is 29.2 Å². The first-order chi connectivity index (χ1) is 9.15. The van der Waals surface area contributed by atoms with Crippen LogP contribution in [-0.4, -0.2) is 62.0 Å². The van der Waals surface area contributed by atoms with Crippen molar-refractivity contribution in [1.82, 2.24) is 15.1 Å². The van der Waals surface area contributed by atoms with Crippen LogP contribution in [0.3, 0.4) is 0 Å². The van der Waals surface area contributed by atoms with E-state index in [1.54, 1.807) is 0 Å². The molecule has 110 valence electrons. The summed E-state index contributed by atoms with van der Waals surface area (Å²) in [7, 11) is 4.26. The first kappa shape index (κ1) is 14.8. The molecular formula is C15H29N3O. The van der Waals surface area contributed by atoms with Crippen LogP contribution in [0.1, 0.15) is 38.5 Å². The van der Waals surface area contributed by atoms with Crippen molar-refractivity contribution in [2.75, 3.05) is 40.3 Å². The van der Waals surface area contributed by atoms with Crippen molar-refractivity contribution in [3.63, 3.8) is 0 Å². The number of hydrogen-bond donors (Lipinski definition) is 1. The molecule has 0 saturated carbocycles. The van der Waals surface area contributed by atoms with Gasteiger partial charge in [0.25, 0.3) is 0 Å². The maximum atomic E-state index is 12.2. The van der Waals surface area contributed by atoms with Gasteiger partial charge in [0, 0.05) is 32.1 Å². The van der Waals surface area contributed by atoms with E-state index in [-0.39, 0.29) is 0 Å². The van der Waals surface area contributed by atoms with Crippen LogP contribution in [0.15, 0.2) is 0 Å². The molecule has 0 aromatic rings. The lowest BCUT2D eigenvalue weighted by molar-refractivity contribution is -0.132. The number of carbonyl (C=O) groups is 1. The van der Waals surface area contributed by atoms with E-state index in [1.165, 1.54) is 25.7 Å². The van der Waals surface area contributed by atoms with Gasteiger partial charge in [-0.05, 0) is 58.7 Å². The average Bonchev–Trinajstić information content (AvgIpc) is 2.89. The van der Waals surface area contributed by atoms with Gasteiger partial charge in [0.2, 0.25) is 5.91 Å². The number of nitrogens with one attached hydrogen (secondary N) is 1. The second kappa shape index (κ2) is 7.25. The van der Waals surface area contributed by atoms with Gasteiger partial charge in [-0.3, -0.25) is 4.79 Å². The fourth-order valence-electron chi connectivity index (χ4n) is 3.34. The predicted octanol–water partition coefficient (Wildman–Crippen LogP) is 1.32. The highest BCUT2D eigenvalue weighted by atomic mass is 16.2. The Labute approximate surface area is 117 Å². The van der Waals surface area contributed by atoms with Crippen molar-refractivity contribution < 1.29 is 4.79 Å². The van der Waals surface area contributed by atoms with Crippen LogP contribution in [-0.2, 0) is 4.79 Å². The molecular weight excluding hydrogens is 238 g/mol. The molecule has 1 atom stereocenters. The van der Waals surface area contributed by atoms with Crippen LogP contribution in [0.2, 0.25) is 0 Å². The molecule has 2 fully saturated rings. The summed E-state index contributed by atoms with van der Waals surface area (Å²) in [5, 5.41) is 3.47. The number of amides is 1. The monoisotopic (exact) mass is 267 g/mol. The Balaban J connectivity index is 1.64. The quantitative estimate of drug-likeness (QED) is 0.816. The number of piperidine rings is 1. The maximum Gasteiger partial charge on any atom is 0.222 e. The Hall–Kier alpha value is -0.610. The van der Waals surface area contributed by atoms with Gasteiger partial charge in [-0.2, -0.15) is 0 Å². The molecule has 2 saturated heterocycles. The van der Waals surface area contributed by atoms with Gasteiger partial charge in [0.1, 0.15) is 0 Å². The van der Waals surface area contributed by atoms with Crippen molar-refractivity contribution in [3.8, 4) is 0 Å². The highest BCUT2D eigenvalue weighted by molar-refractivity contribution is 5.76. The second-order valence-corrected chi connectivity index (χ2v) is 6.42. The number of rotatable bonds is 5. The largest absolute Gasteiger partial charge is 0.343 e. The van der Waals surface area contributed by atoms with Crippen molar-refractivity contribution in [2.24, 2.45) is 5.92 Å². The van der Waals surface area contributed by atoms with Crippen molar-refractivity contribution in [2.45, 2.75) is 44.6 Å². The third kappa shape index (κ3) is 4.77. The molecule has 0 radical (unpaired) electrons. The molecule has 4 heteroatoms. The number of nitrogens with zero attached hydrogens (tertiary/aromatic N) is 2. The summed E-state index contributed by atoms with van der Waals surface area (Å²) in [4.78, 5) is 16.5. The Morgan fingerprint density at radius 3 is 2.58 bits per heavy atom. The lowest BCUT2D eigenvalue weighted by Gasteiger charge is -2.33. The average molecular weight is 267 g/mol. The summed E-state index contributed by atoms with van der Waals surface area (Å²) in [6.45, 7) is 4.23. The number of likely N-dealkylation sites (tertiary alicyclic amines) is 1. The second-order valence-electron chi connectivity index (χ2n) is 6.42. The zero-order valence-electron chi connectivity index (χ0n) is 12.5. The third-order valence-electron chi connectivity index (χ3n) is 4.46. The molecule has 0 aliphatic carbocycles. The summed E-state index contributed by atoms with van der Waals surface area (Å²) < 4.78 is 0. The summed E-state index contributed by atoms with van der Waals surface area (Å²) in [5.74, 6) is 1.15. The van der Waals surface area contributed by atoms with Crippen LogP contribution >= 0.6 is 0 Å². The predicted molar refractivity (Wildman–Crippen MR) is 78.1 cm³/mol. The third-order valence-corrected chi connectivity index (χ3v) is 4.46. The molecule has 0 bridgehead atoms. The fourth-order valence-corrected chi connectivity index (χ4v) is 3.34. The highest BCUT2D eigenvalue weighted by Gasteiger charge is 2.24. The Kier molecular flexibility index (Phi) is 5.64. The SMILES string of the molecule is CN(C)CC1CCN(C(=O)CCC2CCCN2)CC1. The molecule has 1 unspecified atom stereocenters. The van der Waals surface area contributed by atoms with Gasteiger partial charge in [-0.1, -0.05) is 0 Å². The molecule has 2 aliphatic rings. The van der Waals surface area contributed by atoms with E-state index in [0.29, 0.717) is 11.9 Å². The minimum atomic E-state index is 0.372. The van der Waals surface area contributed by atoms with Crippen molar-refractivity contribution in [3.05, 3.63) is 0 Å². The topological polar surface area (TPSA) is 35.6 Å². The normalized spacial score (nSPS) is 25.2. The molecule has 19 heavy (non-hydrogen) atoms. The van der Waals surface area contributed by atoms with E-state index >= 15 is 0 Å².